The average Bonchev–Trinajstić information content (AvgIpc) is 2.49. The van der Waals surface area contributed by atoms with Crippen molar-refractivity contribution in [3.63, 3.8) is 0 Å². The summed E-state index contributed by atoms with van der Waals surface area (Å²) >= 11 is 9.64. The first-order chi connectivity index (χ1) is 9.74. The topological polar surface area (TPSA) is 31.4 Å². The van der Waals surface area contributed by atoms with Crippen LogP contribution in [0.3, 0.4) is 0 Å². The zero-order valence-electron chi connectivity index (χ0n) is 11.1. The van der Waals surface area contributed by atoms with E-state index in [4.69, 9.17) is 21.1 Å². The molecule has 5 heteroatoms. The fourth-order valence-electron chi connectivity index (χ4n) is 1.81. The van der Waals surface area contributed by atoms with Gasteiger partial charge in [0.25, 0.3) is 0 Å². The fraction of sp³-hybridized carbons (Fsp3) is 0.267. The number of nitrogens with zero attached hydrogens (tertiary/aromatic N) is 1. The molecular formula is C15H15BrClNO2. The number of hydrogen-bond acceptors (Lipinski definition) is 3. The molecule has 0 atom stereocenters. The van der Waals surface area contributed by atoms with Gasteiger partial charge in [0.15, 0.2) is 11.5 Å². The molecule has 0 amide bonds. The quantitative estimate of drug-likeness (QED) is 0.725. The maximum absolute atomic E-state index is 6.24. The van der Waals surface area contributed by atoms with Crippen LogP contribution in [-0.2, 0) is 11.8 Å². The fourth-order valence-corrected chi connectivity index (χ4v) is 2.42. The first-order valence-electron chi connectivity index (χ1n) is 6.18. The van der Waals surface area contributed by atoms with Gasteiger partial charge >= 0.3 is 0 Å². The number of hydrogen-bond donors (Lipinski definition) is 0. The van der Waals surface area contributed by atoms with Gasteiger partial charge in [-0.15, -0.1) is 0 Å². The number of alkyl halides is 1. The van der Waals surface area contributed by atoms with E-state index in [1.165, 1.54) is 0 Å². The van der Waals surface area contributed by atoms with E-state index >= 15 is 0 Å². The molecule has 1 aromatic heterocycles. The number of methoxy groups -OCH3 is 1. The van der Waals surface area contributed by atoms with Gasteiger partial charge < -0.3 is 9.47 Å². The summed E-state index contributed by atoms with van der Waals surface area (Å²) < 4.78 is 11.1. The highest BCUT2D eigenvalue weighted by atomic mass is 79.9. The molecule has 0 radical (unpaired) electrons. The number of benzene rings is 1. The highest BCUT2D eigenvalue weighted by molar-refractivity contribution is 9.08. The number of rotatable bonds is 6. The Hall–Kier alpha value is -1.26. The summed E-state index contributed by atoms with van der Waals surface area (Å²) in [6.07, 6.45) is 4.35. The van der Waals surface area contributed by atoms with E-state index in [9.17, 15) is 0 Å². The van der Waals surface area contributed by atoms with Gasteiger partial charge in [-0.05, 0) is 29.3 Å². The van der Waals surface area contributed by atoms with Crippen molar-refractivity contribution >= 4 is 27.5 Å². The van der Waals surface area contributed by atoms with E-state index in [-0.39, 0.29) is 0 Å². The van der Waals surface area contributed by atoms with E-state index in [1.54, 1.807) is 13.3 Å². The van der Waals surface area contributed by atoms with Crippen molar-refractivity contribution in [1.29, 1.82) is 0 Å². The lowest BCUT2D eigenvalue weighted by Crippen LogP contribution is -2.03. The molecule has 0 bridgehead atoms. The standard InChI is InChI=1S/C15H15BrClNO2/c1-19-14-8-12(9-16)7-13(17)15(14)20-6-4-11-3-2-5-18-10-11/h2-3,5,7-8,10H,4,6,9H2,1H3. The predicted molar refractivity (Wildman–Crippen MR) is 84.1 cm³/mol. The van der Waals surface area contributed by atoms with Crippen LogP contribution in [0.15, 0.2) is 36.7 Å². The van der Waals surface area contributed by atoms with Gasteiger partial charge in [0.2, 0.25) is 0 Å². The summed E-state index contributed by atoms with van der Waals surface area (Å²) in [6.45, 7) is 0.523. The minimum Gasteiger partial charge on any atom is -0.493 e. The minimum atomic E-state index is 0.523. The minimum absolute atomic E-state index is 0.523. The molecule has 2 rings (SSSR count). The second kappa shape index (κ2) is 7.50. The summed E-state index contributed by atoms with van der Waals surface area (Å²) in [4.78, 5) is 4.07. The number of halogens is 2. The lowest BCUT2D eigenvalue weighted by Gasteiger charge is -2.13. The first-order valence-corrected chi connectivity index (χ1v) is 7.68. The van der Waals surface area contributed by atoms with Gasteiger partial charge in [-0.2, -0.15) is 0 Å². The van der Waals surface area contributed by atoms with Crippen LogP contribution in [0, 0.1) is 0 Å². The molecule has 1 aromatic carbocycles. The Balaban J connectivity index is 2.05. The molecule has 0 aliphatic rings. The largest absolute Gasteiger partial charge is 0.493 e. The highest BCUT2D eigenvalue weighted by Crippen LogP contribution is 2.37. The Kier molecular flexibility index (Phi) is 5.68. The third kappa shape index (κ3) is 3.87. The Morgan fingerprint density at radius 2 is 2.15 bits per heavy atom. The lowest BCUT2D eigenvalue weighted by atomic mass is 10.2. The summed E-state index contributed by atoms with van der Waals surface area (Å²) in [5.41, 5.74) is 2.17. The summed E-state index contributed by atoms with van der Waals surface area (Å²) in [7, 11) is 1.61. The molecule has 106 valence electrons. The Bertz CT molecular complexity index is 563. The monoisotopic (exact) mass is 355 g/mol. The van der Waals surface area contributed by atoms with Crippen LogP contribution in [-0.4, -0.2) is 18.7 Å². The molecule has 0 saturated carbocycles. The lowest BCUT2D eigenvalue weighted by molar-refractivity contribution is 0.297. The third-order valence-corrected chi connectivity index (χ3v) is 3.73. The van der Waals surface area contributed by atoms with E-state index in [0.29, 0.717) is 23.1 Å². The Morgan fingerprint density at radius 3 is 2.80 bits per heavy atom. The van der Waals surface area contributed by atoms with Gasteiger partial charge in [0.1, 0.15) is 0 Å². The highest BCUT2D eigenvalue weighted by Gasteiger charge is 2.11. The van der Waals surface area contributed by atoms with Crippen molar-refractivity contribution in [2.24, 2.45) is 0 Å². The molecule has 3 nitrogen and oxygen atoms in total. The van der Waals surface area contributed by atoms with Crippen LogP contribution >= 0.6 is 27.5 Å². The van der Waals surface area contributed by atoms with Gasteiger partial charge in [-0.3, -0.25) is 4.98 Å². The summed E-state index contributed by atoms with van der Waals surface area (Å²) in [5.74, 6) is 1.24. The SMILES string of the molecule is COc1cc(CBr)cc(Cl)c1OCCc1cccnc1. The van der Waals surface area contributed by atoms with Crippen molar-refractivity contribution in [3.05, 3.63) is 52.8 Å². The van der Waals surface area contributed by atoms with Crippen LogP contribution in [0.1, 0.15) is 11.1 Å². The van der Waals surface area contributed by atoms with Gasteiger partial charge in [0, 0.05) is 24.1 Å². The van der Waals surface area contributed by atoms with E-state index in [2.05, 4.69) is 20.9 Å². The summed E-state index contributed by atoms with van der Waals surface area (Å²) in [6, 6.07) is 7.72. The molecule has 0 aliphatic carbocycles. The van der Waals surface area contributed by atoms with Crippen LogP contribution in [0.5, 0.6) is 11.5 Å². The molecule has 0 fully saturated rings. The molecule has 0 aliphatic heterocycles. The third-order valence-electron chi connectivity index (χ3n) is 2.80. The molecule has 20 heavy (non-hydrogen) atoms. The second-order valence-corrected chi connectivity index (χ2v) is 5.17. The van der Waals surface area contributed by atoms with E-state index < -0.39 is 0 Å². The number of ether oxygens (including phenoxy) is 2. The van der Waals surface area contributed by atoms with Gasteiger partial charge in [0.05, 0.1) is 18.7 Å². The molecule has 0 N–H and O–H groups in total. The van der Waals surface area contributed by atoms with Crippen LogP contribution < -0.4 is 9.47 Å². The van der Waals surface area contributed by atoms with Gasteiger partial charge in [-0.25, -0.2) is 0 Å². The maximum atomic E-state index is 6.24. The Morgan fingerprint density at radius 1 is 1.30 bits per heavy atom. The summed E-state index contributed by atoms with van der Waals surface area (Å²) in [5, 5.41) is 1.28. The van der Waals surface area contributed by atoms with Crippen LogP contribution in [0.25, 0.3) is 0 Å². The molecule has 2 aromatic rings. The number of pyridine rings is 1. The van der Waals surface area contributed by atoms with Crippen molar-refractivity contribution in [1.82, 2.24) is 4.98 Å². The molecule has 0 unspecified atom stereocenters. The molecule has 0 saturated heterocycles. The van der Waals surface area contributed by atoms with Crippen LogP contribution in [0.4, 0.5) is 0 Å². The average molecular weight is 357 g/mol. The molecular weight excluding hydrogens is 342 g/mol. The van der Waals surface area contributed by atoms with Crippen molar-refractivity contribution in [3.8, 4) is 11.5 Å². The van der Waals surface area contributed by atoms with Gasteiger partial charge in [-0.1, -0.05) is 33.6 Å². The molecule has 1 heterocycles. The second-order valence-electron chi connectivity index (χ2n) is 4.20. The normalized spacial score (nSPS) is 10.3. The number of aromatic nitrogens is 1. The first kappa shape index (κ1) is 15.1. The van der Waals surface area contributed by atoms with Crippen LogP contribution in [0.2, 0.25) is 5.02 Å². The van der Waals surface area contributed by atoms with Crippen molar-refractivity contribution in [2.45, 2.75) is 11.8 Å². The van der Waals surface area contributed by atoms with E-state index in [0.717, 1.165) is 22.9 Å². The predicted octanol–water partition coefficient (Wildman–Crippen LogP) is 4.26. The smallest absolute Gasteiger partial charge is 0.179 e. The van der Waals surface area contributed by atoms with E-state index in [1.807, 2.05) is 30.5 Å². The zero-order valence-corrected chi connectivity index (χ0v) is 13.4. The Labute approximate surface area is 132 Å². The maximum Gasteiger partial charge on any atom is 0.179 e. The zero-order chi connectivity index (χ0) is 14.4. The van der Waals surface area contributed by atoms with Crippen molar-refractivity contribution < 1.29 is 9.47 Å². The molecule has 0 spiro atoms. The van der Waals surface area contributed by atoms with Crippen molar-refractivity contribution in [2.75, 3.05) is 13.7 Å².